The van der Waals surface area contributed by atoms with E-state index in [1.54, 1.807) is 0 Å². The normalized spacial score (nSPS) is 12.4. The van der Waals surface area contributed by atoms with Gasteiger partial charge in [-0.25, -0.2) is 9.97 Å². The van der Waals surface area contributed by atoms with Crippen LogP contribution in [0.3, 0.4) is 0 Å². The van der Waals surface area contributed by atoms with Crippen molar-refractivity contribution in [3.8, 4) is 11.4 Å². The Morgan fingerprint density at radius 1 is 1.00 bits per heavy atom. The zero-order chi connectivity index (χ0) is 19.3. The fraction of sp³-hybridized carbons (Fsp3) is 0.391. The minimum absolute atomic E-state index is 0.0172. The molecule has 0 atom stereocenters. The van der Waals surface area contributed by atoms with Crippen molar-refractivity contribution in [3.05, 3.63) is 47.8 Å². The third kappa shape index (κ3) is 2.84. The van der Waals surface area contributed by atoms with Gasteiger partial charge >= 0.3 is 0 Å². The molecule has 4 nitrogen and oxygen atoms in total. The Bertz CT molecular complexity index is 1140. The van der Waals surface area contributed by atoms with Crippen molar-refractivity contribution in [2.24, 2.45) is 7.05 Å². The first-order chi connectivity index (χ1) is 12.8. The maximum absolute atomic E-state index is 5.00. The van der Waals surface area contributed by atoms with Crippen LogP contribution in [0.2, 0.25) is 0 Å². The number of nitrogens with zero attached hydrogens (tertiary/aromatic N) is 4. The Morgan fingerprint density at radius 3 is 2.41 bits per heavy atom. The van der Waals surface area contributed by atoms with E-state index in [0.29, 0.717) is 0 Å². The Hall–Kier alpha value is -2.62. The molecule has 0 radical (unpaired) electrons. The lowest BCUT2D eigenvalue weighted by Gasteiger charge is -2.25. The average molecular weight is 361 g/mol. The van der Waals surface area contributed by atoms with Gasteiger partial charge in [0, 0.05) is 24.6 Å². The van der Waals surface area contributed by atoms with Crippen LogP contribution in [0, 0.1) is 6.92 Å². The predicted octanol–water partition coefficient (Wildman–Crippen LogP) is 5.61. The maximum atomic E-state index is 5.00. The molecule has 0 aliphatic rings. The molecule has 0 aliphatic carbocycles. The molecule has 0 unspecified atom stereocenters. The molecule has 27 heavy (non-hydrogen) atoms. The van der Waals surface area contributed by atoms with E-state index < -0.39 is 0 Å². The van der Waals surface area contributed by atoms with Crippen molar-refractivity contribution in [1.82, 2.24) is 19.1 Å². The van der Waals surface area contributed by atoms with E-state index in [9.17, 15) is 0 Å². The highest BCUT2D eigenvalue weighted by Crippen LogP contribution is 2.32. The van der Waals surface area contributed by atoms with Gasteiger partial charge in [0.15, 0.2) is 0 Å². The minimum Gasteiger partial charge on any atom is -0.327 e. The second-order valence-corrected chi connectivity index (χ2v) is 8.43. The van der Waals surface area contributed by atoms with Gasteiger partial charge in [-0.3, -0.25) is 0 Å². The van der Waals surface area contributed by atoms with Gasteiger partial charge in [-0.2, -0.15) is 0 Å². The number of rotatable bonds is 3. The summed E-state index contributed by atoms with van der Waals surface area (Å²) in [5.41, 5.74) is 6.83. The van der Waals surface area contributed by atoms with Crippen LogP contribution in [0.15, 0.2) is 36.4 Å². The third-order valence-electron chi connectivity index (χ3n) is 5.21. The van der Waals surface area contributed by atoms with Gasteiger partial charge in [-0.15, -0.1) is 0 Å². The summed E-state index contributed by atoms with van der Waals surface area (Å²) < 4.78 is 4.59. The van der Waals surface area contributed by atoms with Gasteiger partial charge in [-0.05, 0) is 63.9 Å². The largest absolute Gasteiger partial charge is 0.327 e. The summed E-state index contributed by atoms with van der Waals surface area (Å²) in [5.74, 6) is 2.17. The highest BCUT2D eigenvalue weighted by molar-refractivity contribution is 5.87. The molecule has 0 saturated carbocycles. The number of aryl methyl sites for hydroxylation is 3. The standard InChI is InChI=1S/C23H28N4/c1-7-10-20-25-21-15(2)13-16(14-19(21)27(20)23(3,4)5)22-24-17-11-8-9-12-18(17)26(22)6/h8-9,11-14H,7,10H2,1-6H3. The molecule has 0 saturated heterocycles. The smallest absolute Gasteiger partial charge is 0.140 e. The highest BCUT2D eigenvalue weighted by atomic mass is 15.1. The molecule has 0 N–H and O–H groups in total. The van der Waals surface area contributed by atoms with Gasteiger partial charge < -0.3 is 9.13 Å². The van der Waals surface area contributed by atoms with Crippen LogP contribution in [0.1, 0.15) is 45.5 Å². The lowest BCUT2D eigenvalue weighted by molar-refractivity contribution is 0.393. The molecule has 4 aromatic rings. The summed E-state index contributed by atoms with van der Waals surface area (Å²) in [7, 11) is 2.09. The summed E-state index contributed by atoms with van der Waals surface area (Å²) in [6.45, 7) is 11.1. The predicted molar refractivity (Wildman–Crippen MR) is 113 cm³/mol. The van der Waals surface area contributed by atoms with Crippen LogP contribution < -0.4 is 0 Å². The number of hydrogen-bond acceptors (Lipinski definition) is 2. The number of hydrogen-bond donors (Lipinski definition) is 0. The Labute approximate surface area is 160 Å². The van der Waals surface area contributed by atoms with Gasteiger partial charge in [0.25, 0.3) is 0 Å². The van der Waals surface area contributed by atoms with Crippen molar-refractivity contribution in [3.63, 3.8) is 0 Å². The Morgan fingerprint density at radius 2 is 1.74 bits per heavy atom. The number of fused-ring (bicyclic) bond motifs is 2. The molecule has 0 bridgehead atoms. The van der Waals surface area contributed by atoms with Crippen LogP contribution >= 0.6 is 0 Å². The maximum Gasteiger partial charge on any atom is 0.140 e. The number of benzene rings is 2. The third-order valence-corrected chi connectivity index (χ3v) is 5.21. The second kappa shape index (κ2) is 6.22. The van der Waals surface area contributed by atoms with Crippen LogP contribution in [-0.4, -0.2) is 19.1 Å². The molecule has 0 spiro atoms. The Kier molecular flexibility index (Phi) is 4.10. The number of para-hydroxylation sites is 2. The van der Waals surface area contributed by atoms with Crippen LogP contribution in [-0.2, 0) is 19.0 Å². The molecule has 4 heteroatoms. The molecular weight excluding hydrogens is 332 g/mol. The van der Waals surface area contributed by atoms with Crippen LogP contribution in [0.5, 0.6) is 0 Å². The van der Waals surface area contributed by atoms with Gasteiger partial charge in [-0.1, -0.05) is 19.1 Å². The van der Waals surface area contributed by atoms with Gasteiger partial charge in [0.05, 0.1) is 22.1 Å². The summed E-state index contributed by atoms with van der Waals surface area (Å²) in [5, 5.41) is 0. The van der Waals surface area contributed by atoms with Crippen molar-refractivity contribution in [2.45, 2.75) is 53.0 Å². The molecule has 4 rings (SSSR count). The number of aromatic nitrogens is 4. The van der Waals surface area contributed by atoms with E-state index in [2.05, 4.69) is 81.1 Å². The van der Waals surface area contributed by atoms with Crippen molar-refractivity contribution < 1.29 is 0 Å². The SMILES string of the molecule is CCCc1nc2c(C)cc(-c3nc4ccccc4n3C)cc2n1C(C)(C)C. The molecular formula is C23H28N4. The summed E-state index contributed by atoms with van der Waals surface area (Å²) in [6, 6.07) is 12.8. The first-order valence-corrected chi connectivity index (χ1v) is 9.75. The van der Waals surface area contributed by atoms with Gasteiger partial charge in [0.1, 0.15) is 11.6 Å². The molecule has 140 valence electrons. The summed E-state index contributed by atoms with van der Waals surface area (Å²) in [6.07, 6.45) is 2.09. The zero-order valence-electron chi connectivity index (χ0n) is 17.2. The Balaban J connectivity index is 2.01. The molecule has 0 amide bonds. The first kappa shape index (κ1) is 17.8. The van der Waals surface area contributed by atoms with Crippen LogP contribution in [0.25, 0.3) is 33.5 Å². The monoisotopic (exact) mass is 360 g/mol. The number of imidazole rings is 2. The van der Waals surface area contributed by atoms with Crippen molar-refractivity contribution in [1.29, 1.82) is 0 Å². The highest BCUT2D eigenvalue weighted by Gasteiger charge is 2.23. The fourth-order valence-corrected chi connectivity index (χ4v) is 4.07. The topological polar surface area (TPSA) is 35.6 Å². The molecule has 2 aromatic heterocycles. The van der Waals surface area contributed by atoms with E-state index in [1.807, 2.05) is 6.07 Å². The van der Waals surface area contributed by atoms with E-state index in [4.69, 9.17) is 9.97 Å². The van der Waals surface area contributed by atoms with Crippen LogP contribution in [0.4, 0.5) is 0 Å². The van der Waals surface area contributed by atoms with E-state index in [-0.39, 0.29) is 5.54 Å². The summed E-state index contributed by atoms with van der Waals surface area (Å²) in [4.78, 5) is 9.90. The lowest BCUT2D eigenvalue weighted by Crippen LogP contribution is -2.24. The average Bonchev–Trinajstić information content (AvgIpc) is 3.14. The lowest BCUT2D eigenvalue weighted by atomic mass is 10.1. The van der Waals surface area contributed by atoms with Gasteiger partial charge in [0.2, 0.25) is 0 Å². The van der Waals surface area contributed by atoms with E-state index in [1.165, 1.54) is 16.9 Å². The molecule has 0 fully saturated rings. The second-order valence-electron chi connectivity index (χ2n) is 8.43. The molecule has 2 heterocycles. The quantitative estimate of drug-likeness (QED) is 0.476. The minimum atomic E-state index is -0.0172. The van der Waals surface area contributed by atoms with E-state index in [0.717, 1.165) is 40.8 Å². The fourth-order valence-electron chi connectivity index (χ4n) is 4.07. The summed E-state index contributed by atoms with van der Waals surface area (Å²) >= 11 is 0. The molecule has 2 aromatic carbocycles. The van der Waals surface area contributed by atoms with Crippen molar-refractivity contribution >= 4 is 22.1 Å². The van der Waals surface area contributed by atoms with E-state index >= 15 is 0 Å². The first-order valence-electron chi connectivity index (χ1n) is 9.75. The zero-order valence-corrected chi connectivity index (χ0v) is 17.2. The molecule has 0 aliphatic heterocycles. The van der Waals surface area contributed by atoms with Crippen molar-refractivity contribution in [2.75, 3.05) is 0 Å².